The molecule has 0 amide bonds. The smallest absolute Gasteiger partial charge is 0.208 e. The van der Waals surface area contributed by atoms with E-state index in [0.717, 1.165) is 37.4 Å². The van der Waals surface area contributed by atoms with Crippen molar-refractivity contribution in [3.8, 4) is 5.75 Å². The molecule has 1 aromatic carbocycles. The topological polar surface area (TPSA) is 58.6 Å². The Bertz CT molecular complexity index is 616. The molecule has 23 heavy (non-hydrogen) atoms. The molecule has 130 valence electrons. The molecule has 1 N–H and O–H groups in total. The minimum absolute atomic E-state index is 0.541. The van der Waals surface area contributed by atoms with Crippen LogP contribution in [0.3, 0.4) is 0 Å². The summed E-state index contributed by atoms with van der Waals surface area (Å²) in [6.07, 6.45) is 4.49. The van der Waals surface area contributed by atoms with Crippen molar-refractivity contribution < 1.29 is 13.2 Å². The Hall–Kier alpha value is -1.11. The van der Waals surface area contributed by atoms with Crippen LogP contribution in [0.2, 0.25) is 0 Å². The highest BCUT2D eigenvalue weighted by atomic mass is 32.2. The number of benzene rings is 1. The molecule has 1 heterocycles. The van der Waals surface area contributed by atoms with E-state index in [0.29, 0.717) is 12.5 Å². The van der Waals surface area contributed by atoms with E-state index >= 15 is 0 Å². The number of nitrogens with zero attached hydrogens (tertiary/aromatic N) is 1. The zero-order chi connectivity index (χ0) is 16.9. The van der Waals surface area contributed by atoms with Crippen molar-refractivity contribution >= 4 is 10.0 Å². The minimum Gasteiger partial charge on any atom is -0.496 e. The Morgan fingerprint density at radius 1 is 1.39 bits per heavy atom. The monoisotopic (exact) mass is 340 g/mol. The second-order valence-corrected chi connectivity index (χ2v) is 8.34. The molecule has 0 radical (unpaired) electrons. The number of hydrogen-bond acceptors (Lipinski definition) is 4. The lowest BCUT2D eigenvalue weighted by molar-refractivity contribution is 0.162. The summed E-state index contributed by atoms with van der Waals surface area (Å²) in [5, 5.41) is 0. The van der Waals surface area contributed by atoms with Gasteiger partial charge in [0.05, 0.1) is 13.4 Å². The van der Waals surface area contributed by atoms with Gasteiger partial charge in [0, 0.05) is 19.6 Å². The molecule has 0 spiro atoms. The summed E-state index contributed by atoms with van der Waals surface area (Å²) in [7, 11) is -1.38. The molecule has 1 aromatic rings. The summed E-state index contributed by atoms with van der Waals surface area (Å²) < 4.78 is 30.2. The van der Waals surface area contributed by atoms with Crippen LogP contribution in [0.15, 0.2) is 18.2 Å². The number of nitrogens with one attached hydrogen (secondary N) is 1. The van der Waals surface area contributed by atoms with Gasteiger partial charge in [-0.1, -0.05) is 12.1 Å². The van der Waals surface area contributed by atoms with Gasteiger partial charge < -0.3 is 4.74 Å². The maximum absolute atomic E-state index is 11.1. The minimum atomic E-state index is -3.07. The number of methoxy groups -OCH3 is 1. The second-order valence-electron chi connectivity index (χ2n) is 6.50. The van der Waals surface area contributed by atoms with Crippen LogP contribution in [0.1, 0.15) is 30.4 Å². The van der Waals surface area contributed by atoms with Gasteiger partial charge in [-0.3, -0.25) is 4.90 Å². The predicted molar refractivity (Wildman–Crippen MR) is 93.2 cm³/mol. The first-order valence-electron chi connectivity index (χ1n) is 8.18. The van der Waals surface area contributed by atoms with Gasteiger partial charge in [-0.2, -0.15) is 0 Å². The van der Waals surface area contributed by atoms with Crippen LogP contribution >= 0.6 is 0 Å². The van der Waals surface area contributed by atoms with Crippen LogP contribution in [0.25, 0.3) is 0 Å². The average Bonchev–Trinajstić information content (AvgIpc) is 2.46. The Balaban J connectivity index is 1.85. The second kappa shape index (κ2) is 8.13. The molecular weight excluding hydrogens is 312 g/mol. The largest absolute Gasteiger partial charge is 0.496 e. The van der Waals surface area contributed by atoms with Crippen molar-refractivity contribution in [3.05, 3.63) is 29.3 Å². The highest BCUT2D eigenvalue weighted by Crippen LogP contribution is 2.23. The van der Waals surface area contributed by atoms with Gasteiger partial charge in [0.25, 0.3) is 0 Å². The molecule has 0 bridgehead atoms. The van der Waals surface area contributed by atoms with Crippen LogP contribution in [-0.2, 0) is 16.6 Å². The maximum Gasteiger partial charge on any atom is 0.208 e. The first-order valence-corrected chi connectivity index (χ1v) is 10.1. The third-order valence-electron chi connectivity index (χ3n) is 4.39. The van der Waals surface area contributed by atoms with Crippen molar-refractivity contribution in [2.24, 2.45) is 5.92 Å². The predicted octanol–water partition coefficient (Wildman–Crippen LogP) is 2.15. The van der Waals surface area contributed by atoms with Crippen molar-refractivity contribution in [2.45, 2.75) is 32.7 Å². The summed E-state index contributed by atoms with van der Waals surface area (Å²) in [4.78, 5) is 2.47. The highest BCUT2D eigenvalue weighted by molar-refractivity contribution is 7.88. The SMILES string of the molecule is COc1ccc(CN2CCC[C@@H](CCNS(C)(=O)=O)C2)cc1C. The summed E-state index contributed by atoms with van der Waals surface area (Å²) in [5.41, 5.74) is 2.47. The van der Waals surface area contributed by atoms with E-state index in [1.807, 2.05) is 6.07 Å². The molecule has 1 aliphatic rings. The molecule has 1 atom stereocenters. The van der Waals surface area contributed by atoms with Crippen molar-refractivity contribution in [3.63, 3.8) is 0 Å². The van der Waals surface area contributed by atoms with Crippen molar-refractivity contribution in [1.29, 1.82) is 0 Å². The number of hydrogen-bond donors (Lipinski definition) is 1. The third-order valence-corrected chi connectivity index (χ3v) is 5.11. The zero-order valence-electron chi connectivity index (χ0n) is 14.3. The summed E-state index contributed by atoms with van der Waals surface area (Å²) in [6.45, 7) is 5.70. The summed E-state index contributed by atoms with van der Waals surface area (Å²) in [5.74, 6) is 1.49. The Morgan fingerprint density at radius 2 is 2.17 bits per heavy atom. The number of likely N-dealkylation sites (tertiary alicyclic amines) is 1. The van der Waals surface area contributed by atoms with Crippen molar-refractivity contribution in [1.82, 2.24) is 9.62 Å². The molecule has 6 heteroatoms. The average molecular weight is 340 g/mol. The fraction of sp³-hybridized carbons (Fsp3) is 0.647. The molecular formula is C17H28N2O3S. The van der Waals surface area contributed by atoms with Gasteiger partial charge in [0.1, 0.15) is 5.75 Å². The van der Waals surface area contributed by atoms with E-state index in [1.54, 1.807) is 7.11 Å². The summed E-state index contributed by atoms with van der Waals surface area (Å²) >= 11 is 0. The quantitative estimate of drug-likeness (QED) is 0.826. The molecule has 1 saturated heterocycles. The Labute approximate surface area is 140 Å². The van der Waals surface area contributed by atoms with Crippen LogP contribution in [0.4, 0.5) is 0 Å². The zero-order valence-corrected chi connectivity index (χ0v) is 15.2. The van der Waals surface area contributed by atoms with Gasteiger partial charge in [0.2, 0.25) is 10.0 Å². The van der Waals surface area contributed by atoms with E-state index in [1.165, 1.54) is 24.7 Å². The standard InChI is InChI=1S/C17H28N2O3S/c1-14-11-16(6-7-17(14)22-2)13-19-10-4-5-15(12-19)8-9-18-23(3,20)21/h6-7,11,15,18H,4-5,8-10,12-13H2,1-3H3/t15-/m0/s1. The van der Waals surface area contributed by atoms with E-state index < -0.39 is 10.0 Å². The maximum atomic E-state index is 11.1. The molecule has 1 fully saturated rings. The van der Waals surface area contributed by atoms with Crippen LogP contribution in [0.5, 0.6) is 5.75 Å². The van der Waals surface area contributed by atoms with Crippen LogP contribution in [0, 0.1) is 12.8 Å². The highest BCUT2D eigenvalue weighted by Gasteiger charge is 2.20. The molecule has 0 saturated carbocycles. The van der Waals surface area contributed by atoms with Gasteiger partial charge >= 0.3 is 0 Å². The lowest BCUT2D eigenvalue weighted by Crippen LogP contribution is -2.36. The molecule has 0 aliphatic carbocycles. The molecule has 0 unspecified atom stereocenters. The first-order chi connectivity index (χ1) is 10.9. The first kappa shape index (κ1) is 18.2. The lowest BCUT2D eigenvalue weighted by atomic mass is 9.94. The Kier molecular flexibility index (Phi) is 6.44. The molecule has 2 rings (SSSR count). The molecule has 1 aliphatic heterocycles. The van der Waals surface area contributed by atoms with Gasteiger partial charge in [-0.15, -0.1) is 0 Å². The summed E-state index contributed by atoms with van der Waals surface area (Å²) in [6, 6.07) is 6.34. The van der Waals surface area contributed by atoms with E-state index in [9.17, 15) is 8.42 Å². The normalized spacial score (nSPS) is 19.7. The van der Waals surface area contributed by atoms with E-state index in [-0.39, 0.29) is 0 Å². The molecule has 0 aromatic heterocycles. The van der Waals surface area contributed by atoms with Gasteiger partial charge in [-0.25, -0.2) is 13.1 Å². The number of sulfonamides is 1. The van der Waals surface area contributed by atoms with Gasteiger partial charge in [-0.05, 0) is 55.8 Å². The van der Waals surface area contributed by atoms with Crippen LogP contribution < -0.4 is 9.46 Å². The molecule has 5 nitrogen and oxygen atoms in total. The number of aryl methyl sites for hydroxylation is 1. The third kappa shape index (κ3) is 6.12. The lowest BCUT2D eigenvalue weighted by Gasteiger charge is -2.33. The van der Waals surface area contributed by atoms with Gasteiger partial charge in [0.15, 0.2) is 0 Å². The number of ether oxygens (including phenoxy) is 1. The fourth-order valence-electron chi connectivity index (χ4n) is 3.28. The fourth-order valence-corrected chi connectivity index (χ4v) is 3.76. The van der Waals surface area contributed by atoms with Crippen LogP contribution in [-0.4, -0.2) is 46.3 Å². The Morgan fingerprint density at radius 3 is 2.83 bits per heavy atom. The van der Waals surface area contributed by atoms with E-state index in [2.05, 4.69) is 28.7 Å². The van der Waals surface area contributed by atoms with E-state index in [4.69, 9.17) is 4.74 Å². The number of rotatable bonds is 7. The number of piperidine rings is 1. The van der Waals surface area contributed by atoms with Crippen molar-refractivity contribution in [2.75, 3.05) is 33.0 Å².